The van der Waals surface area contributed by atoms with Crippen LogP contribution in [-0.2, 0) is 17.1 Å². The van der Waals surface area contributed by atoms with Crippen molar-refractivity contribution in [1.82, 2.24) is 0 Å². The third-order valence-electron chi connectivity index (χ3n) is 3.59. The van der Waals surface area contributed by atoms with Gasteiger partial charge in [0.2, 0.25) is 5.76 Å². The van der Waals surface area contributed by atoms with Gasteiger partial charge in [0.1, 0.15) is 0 Å². The summed E-state index contributed by atoms with van der Waals surface area (Å²) < 4.78 is 115. The van der Waals surface area contributed by atoms with Crippen LogP contribution in [0, 0.1) is 0 Å². The third-order valence-corrected chi connectivity index (χ3v) is 3.59. The molecule has 0 radical (unpaired) electrons. The summed E-state index contributed by atoms with van der Waals surface area (Å²) in [7, 11) is 0. The SMILES string of the molecule is O=C(Nc1cccc(C(F)(F)F)c1)/C(N=Nc1cccc(C(F)(F)F)c1)=C(/O)C(F)(F)F. The maximum absolute atomic E-state index is 12.9. The highest BCUT2D eigenvalue weighted by molar-refractivity contribution is 6.03. The van der Waals surface area contributed by atoms with E-state index in [4.69, 9.17) is 0 Å². The van der Waals surface area contributed by atoms with Gasteiger partial charge in [0.05, 0.1) is 16.8 Å². The lowest BCUT2D eigenvalue weighted by Crippen LogP contribution is -2.21. The Balaban J connectivity index is 2.41. The van der Waals surface area contributed by atoms with Gasteiger partial charge in [0.15, 0.2) is 5.70 Å². The van der Waals surface area contributed by atoms with Crippen molar-refractivity contribution >= 4 is 17.3 Å². The van der Waals surface area contributed by atoms with Gasteiger partial charge in [-0.25, -0.2) is 0 Å². The van der Waals surface area contributed by atoms with Crippen molar-refractivity contribution in [2.45, 2.75) is 18.5 Å². The summed E-state index contributed by atoms with van der Waals surface area (Å²) in [5, 5.41) is 17.0. The minimum atomic E-state index is -5.52. The van der Waals surface area contributed by atoms with Gasteiger partial charge in [0, 0.05) is 5.69 Å². The molecule has 0 bridgehead atoms. The molecule has 0 aliphatic heterocycles. The number of hydrogen-bond donors (Lipinski definition) is 2. The smallest absolute Gasteiger partial charge is 0.451 e. The molecule has 0 saturated carbocycles. The molecule has 0 fully saturated rings. The molecule has 0 unspecified atom stereocenters. The van der Waals surface area contributed by atoms with E-state index in [-0.39, 0.29) is 0 Å². The predicted molar refractivity (Wildman–Crippen MR) is 91.7 cm³/mol. The number of amides is 1. The largest absolute Gasteiger partial charge is 0.503 e. The number of aliphatic hydroxyl groups is 1. The third kappa shape index (κ3) is 6.46. The van der Waals surface area contributed by atoms with Crippen LogP contribution < -0.4 is 5.32 Å². The van der Waals surface area contributed by atoms with Crippen LogP contribution in [0.3, 0.4) is 0 Å². The Morgan fingerprint density at radius 3 is 1.88 bits per heavy atom. The van der Waals surface area contributed by atoms with Gasteiger partial charge < -0.3 is 10.4 Å². The van der Waals surface area contributed by atoms with Crippen molar-refractivity contribution in [2.24, 2.45) is 10.2 Å². The fourth-order valence-corrected chi connectivity index (χ4v) is 2.15. The molecular formula is C18H10F9N3O2. The lowest BCUT2D eigenvalue weighted by molar-refractivity contribution is -0.138. The number of halogens is 9. The summed E-state index contributed by atoms with van der Waals surface area (Å²) in [6, 6.07) is 5.66. The second-order valence-electron chi connectivity index (χ2n) is 5.98. The van der Waals surface area contributed by atoms with E-state index in [1.54, 1.807) is 5.32 Å². The molecular weight excluding hydrogens is 461 g/mol. The molecule has 2 aromatic carbocycles. The normalized spacial score (nSPS) is 13.8. The van der Waals surface area contributed by atoms with Gasteiger partial charge in [-0.2, -0.15) is 44.6 Å². The Labute approximate surface area is 172 Å². The van der Waals surface area contributed by atoms with Crippen molar-refractivity contribution < 1.29 is 49.4 Å². The summed E-state index contributed by atoms with van der Waals surface area (Å²) >= 11 is 0. The molecule has 14 heteroatoms. The van der Waals surface area contributed by atoms with Crippen molar-refractivity contribution in [3.05, 3.63) is 71.1 Å². The zero-order chi connectivity index (χ0) is 24.3. The van der Waals surface area contributed by atoms with E-state index in [1.807, 2.05) is 0 Å². The van der Waals surface area contributed by atoms with Crippen LogP contribution in [0.1, 0.15) is 11.1 Å². The average molecular weight is 471 g/mol. The van der Waals surface area contributed by atoms with Crippen LogP contribution in [-0.4, -0.2) is 17.2 Å². The summed E-state index contributed by atoms with van der Waals surface area (Å²) in [6.45, 7) is 0. The quantitative estimate of drug-likeness (QED) is 0.223. The standard InChI is InChI=1S/C18H10F9N3O2/c19-16(20,21)9-3-1-5-11(7-9)28-15(32)13(14(31)18(25,26)27)30-29-12-6-2-4-10(8-12)17(22,23)24/h1-8,31H,(H,28,32)/b14-13-,30-29?. The first-order valence-corrected chi connectivity index (χ1v) is 8.17. The Morgan fingerprint density at radius 1 is 0.812 bits per heavy atom. The Bertz CT molecular complexity index is 1050. The second-order valence-corrected chi connectivity index (χ2v) is 5.98. The van der Waals surface area contributed by atoms with Crippen molar-refractivity contribution in [1.29, 1.82) is 0 Å². The number of carbonyl (C=O) groups is 1. The monoisotopic (exact) mass is 471 g/mol. The molecule has 0 aromatic heterocycles. The molecule has 0 heterocycles. The molecule has 0 spiro atoms. The number of allylic oxidation sites excluding steroid dienone is 1. The van der Waals surface area contributed by atoms with Crippen LogP contribution in [0.5, 0.6) is 0 Å². The summed E-state index contributed by atoms with van der Waals surface area (Å²) in [5.74, 6) is -4.37. The fraction of sp³-hybridized carbons (Fsp3) is 0.167. The maximum atomic E-state index is 12.9. The van der Waals surface area contributed by atoms with E-state index in [0.717, 1.165) is 24.3 Å². The Kier molecular flexibility index (Phi) is 6.85. The molecule has 0 atom stereocenters. The van der Waals surface area contributed by atoms with Crippen molar-refractivity contribution in [2.75, 3.05) is 5.32 Å². The molecule has 5 nitrogen and oxygen atoms in total. The Hall–Kier alpha value is -3.58. The van der Waals surface area contributed by atoms with E-state index >= 15 is 0 Å². The first-order chi connectivity index (χ1) is 14.6. The topological polar surface area (TPSA) is 74.0 Å². The Morgan fingerprint density at radius 2 is 1.34 bits per heavy atom. The summed E-state index contributed by atoms with van der Waals surface area (Å²) in [6.07, 6.45) is -15.1. The van der Waals surface area contributed by atoms with Crippen LogP contribution in [0.15, 0.2) is 70.2 Å². The molecule has 0 aliphatic rings. The molecule has 1 amide bonds. The van der Waals surface area contributed by atoms with Gasteiger partial charge >= 0.3 is 18.5 Å². The first kappa shape index (κ1) is 24.7. The average Bonchev–Trinajstić information content (AvgIpc) is 2.66. The molecule has 172 valence electrons. The minimum absolute atomic E-state index is 0.407. The first-order valence-electron chi connectivity index (χ1n) is 8.17. The number of azo groups is 1. The van der Waals surface area contributed by atoms with E-state index in [9.17, 15) is 49.4 Å². The fourth-order valence-electron chi connectivity index (χ4n) is 2.15. The van der Waals surface area contributed by atoms with Crippen molar-refractivity contribution in [3.8, 4) is 0 Å². The highest BCUT2D eigenvalue weighted by Crippen LogP contribution is 2.33. The van der Waals surface area contributed by atoms with E-state index in [0.29, 0.717) is 24.3 Å². The zero-order valence-corrected chi connectivity index (χ0v) is 15.3. The van der Waals surface area contributed by atoms with E-state index < -0.39 is 58.4 Å². The van der Waals surface area contributed by atoms with Gasteiger partial charge in [-0.15, -0.1) is 5.11 Å². The van der Waals surface area contributed by atoms with E-state index in [1.165, 1.54) is 0 Å². The van der Waals surface area contributed by atoms with E-state index in [2.05, 4.69) is 10.2 Å². The second kappa shape index (κ2) is 8.88. The molecule has 2 aromatic rings. The highest BCUT2D eigenvalue weighted by atomic mass is 19.4. The van der Waals surface area contributed by atoms with Crippen LogP contribution >= 0.6 is 0 Å². The zero-order valence-electron chi connectivity index (χ0n) is 15.3. The van der Waals surface area contributed by atoms with Crippen LogP contribution in [0.4, 0.5) is 50.9 Å². The molecule has 2 rings (SSSR count). The minimum Gasteiger partial charge on any atom is -0.503 e. The number of rotatable bonds is 4. The van der Waals surface area contributed by atoms with Crippen LogP contribution in [0.25, 0.3) is 0 Å². The van der Waals surface area contributed by atoms with Crippen molar-refractivity contribution in [3.63, 3.8) is 0 Å². The number of hydrogen-bond acceptors (Lipinski definition) is 4. The lowest BCUT2D eigenvalue weighted by atomic mass is 10.2. The maximum Gasteiger partial charge on any atom is 0.451 e. The molecule has 32 heavy (non-hydrogen) atoms. The highest BCUT2D eigenvalue weighted by Gasteiger charge is 2.39. The number of carbonyl (C=O) groups excluding carboxylic acids is 1. The van der Waals surface area contributed by atoms with Gasteiger partial charge in [0.25, 0.3) is 5.91 Å². The number of aliphatic hydroxyl groups excluding tert-OH is 1. The molecule has 2 N–H and O–H groups in total. The number of nitrogens with one attached hydrogen (secondary N) is 1. The summed E-state index contributed by atoms with van der Waals surface area (Å²) in [5.41, 5.74) is -5.43. The van der Waals surface area contributed by atoms with Crippen LogP contribution in [0.2, 0.25) is 0 Å². The molecule has 0 aliphatic carbocycles. The number of nitrogens with zero attached hydrogens (tertiary/aromatic N) is 2. The van der Waals surface area contributed by atoms with Gasteiger partial charge in [-0.1, -0.05) is 12.1 Å². The summed E-state index contributed by atoms with van der Waals surface area (Å²) in [4.78, 5) is 12.2. The van der Waals surface area contributed by atoms with Gasteiger partial charge in [-0.3, -0.25) is 4.79 Å². The lowest BCUT2D eigenvalue weighted by Gasteiger charge is -2.11. The number of anilines is 1. The van der Waals surface area contributed by atoms with Gasteiger partial charge in [-0.05, 0) is 36.4 Å². The predicted octanol–water partition coefficient (Wildman–Crippen LogP) is 6.78. The molecule has 0 saturated heterocycles. The number of benzene rings is 2. The number of alkyl halides is 9.